The average Bonchev–Trinajstić information content (AvgIpc) is 3.19. The number of halogens is 1. The van der Waals surface area contributed by atoms with Gasteiger partial charge in [-0.15, -0.1) is 0 Å². The maximum Gasteiger partial charge on any atom is 0.237 e. The van der Waals surface area contributed by atoms with E-state index in [1.165, 1.54) is 12.1 Å². The standard InChI is InChI=1S/C19H17FN2O3/c20-12-2-3-14-13(10-12)19(18(23)22-14)5-6-21-17(19)11-1-4-15-16(9-11)25-8-7-24-15/h1-4,9-10,17,21H,5-8H2,(H,22,23)/t17-,19-/m1/s1. The molecule has 2 aromatic rings. The van der Waals surface area contributed by atoms with E-state index in [1.807, 2.05) is 18.2 Å². The van der Waals surface area contributed by atoms with Crippen LogP contribution in [-0.4, -0.2) is 25.7 Å². The van der Waals surface area contributed by atoms with Gasteiger partial charge < -0.3 is 20.1 Å². The van der Waals surface area contributed by atoms with E-state index in [4.69, 9.17) is 9.47 Å². The number of hydrogen-bond donors (Lipinski definition) is 2. The zero-order valence-corrected chi connectivity index (χ0v) is 13.5. The van der Waals surface area contributed by atoms with Gasteiger partial charge in [-0.25, -0.2) is 4.39 Å². The van der Waals surface area contributed by atoms with Gasteiger partial charge in [0.05, 0.1) is 11.5 Å². The Morgan fingerprint density at radius 3 is 2.80 bits per heavy atom. The van der Waals surface area contributed by atoms with Crippen LogP contribution in [0.25, 0.3) is 0 Å². The summed E-state index contributed by atoms with van der Waals surface area (Å²) >= 11 is 0. The molecule has 25 heavy (non-hydrogen) atoms. The van der Waals surface area contributed by atoms with E-state index in [2.05, 4.69) is 10.6 Å². The lowest BCUT2D eigenvalue weighted by Crippen LogP contribution is -2.39. The van der Waals surface area contributed by atoms with Crippen LogP contribution in [0.1, 0.15) is 23.6 Å². The fourth-order valence-electron chi connectivity index (χ4n) is 4.26. The summed E-state index contributed by atoms with van der Waals surface area (Å²) in [5.74, 6) is 0.982. The fraction of sp³-hybridized carbons (Fsp3) is 0.316. The third kappa shape index (κ3) is 2.00. The van der Waals surface area contributed by atoms with E-state index in [1.54, 1.807) is 6.07 Å². The van der Waals surface area contributed by atoms with E-state index >= 15 is 0 Å². The van der Waals surface area contributed by atoms with Crippen LogP contribution in [0, 0.1) is 5.82 Å². The van der Waals surface area contributed by atoms with Crippen molar-refractivity contribution in [3.05, 3.63) is 53.3 Å². The Balaban J connectivity index is 1.63. The summed E-state index contributed by atoms with van der Waals surface area (Å²) in [5.41, 5.74) is 1.55. The molecule has 128 valence electrons. The summed E-state index contributed by atoms with van der Waals surface area (Å²) in [7, 11) is 0. The van der Waals surface area contributed by atoms with Crippen molar-refractivity contribution in [1.82, 2.24) is 5.32 Å². The lowest BCUT2D eigenvalue weighted by Gasteiger charge is -2.30. The Morgan fingerprint density at radius 2 is 1.92 bits per heavy atom. The zero-order chi connectivity index (χ0) is 17.0. The molecule has 1 spiro atoms. The van der Waals surface area contributed by atoms with Crippen molar-refractivity contribution in [2.24, 2.45) is 0 Å². The quantitative estimate of drug-likeness (QED) is 0.838. The van der Waals surface area contributed by atoms with Gasteiger partial charge in [0.2, 0.25) is 5.91 Å². The third-order valence-electron chi connectivity index (χ3n) is 5.38. The Bertz CT molecular complexity index is 885. The Labute approximate surface area is 144 Å². The van der Waals surface area contributed by atoms with Crippen LogP contribution in [0.4, 0.5) is 10.1 Å². The molecule has 0 saturated carbocycles. The number of carbonyl (C=O) groups excluding carboxylic acids is 1. The lowest BCUT2D eigenvalue weighted by atomic mass is 9.73. The molecule has 6 heteroatoms. The van der Waals surface area contributed by atoms with Gasteiger partial charge in [0, 0.05) is 5.69 Å². The van der Waals surface area contributed by atoms with Gasteiger partial charge in [-0.1, -0.05) is 6.07 Å². The SMILES string of the molecule is O=C1Nc2ccc(F)cc2[C@@]12CCN[C@@H]2c1ccc2c(c1)OCCO2. The van der Waals surface area contributed by atoms with Crippen LogP contribution >= 0.6 is 0 Å². The molecule has 3 aliphatic rings. The Morgan fingerprint density at radius 1 is 1.08 bits per heavy atom. The van der Waals surface area contributed by atoms with Gasteiger partial charge in [-0.3, -0.25) is 4.79 Å². The first kappa shape index (κ1) is 14.7. The summed E-state index contributed by atoms with van der Waals surface area (Å²) in [4.78, 5) is 12.9. The fourth-order valence-corrected chi connectivity index (χ4v) is 4.26. The molecule has 1 fully saturated rings. The lowest BCUT2D eigenvalue weighted by molar-refractivity contribution is -0.121. The summed E-state index contributed by atoms with van der Waals surface area (Å²) in [6.07, 6.45) is 0.619. The molecule has 0 aliphatic carbocycles. The number of nitrogens with one attached hydrogen (secondary N) is 2. The minimum atomic E-state index is -0.804. The number of anilines is 1. The highest BCUT2D eigenvalue weighted by Gasteiger charge is 2.55. The monoisotopic (exact) mass is 340 g/mol. The maximum absolute atomic E-state index is 13.9. The molecule has 5 nitrogen and oxygen atoms in total. The first-order valence-corrected chi connectivity index (χ1v) is 8.43. The smallest absolute Gasteiger partial charge is 0.237 e. The number of carbonyl (C=O) groups is 1. The van der Waals surface area contributed by atoms with Gasteiger partial charge in [0.15, 0.2) is 11.5 Å². The summed E-state index contributed by atoms with van der Waals surface area (Å²) < 4.78 is 25.1. The van der Waals surface area contributed by atoms with Gasteiger partial charge in [0.1, 0.15) is 19.0 Å². The molecule has 0 radical (unpaired) electrons. The summed E-state index contributed by atoms with van der Waals surface area (Å²) in [5, 5.41) is 6.34. The minimum absolute atomic E-state index is 0.0852. The van der Waals surface area contributed by atoms with Crippen LogP contribution in [0.3, 0.4) is 0 Å². The molecular weight excluding hydrogens is 323 g/mol. The number of ether oxygens (including phenoxy) is 2. The van der Waals surface area contributed by atoms with Crippen molar-refractivity contribution in [3.63, 3.8) is 0 Å². The second-order valence-electron chi connectivity index (χ2n) is 6.66. The number of fused-ring (bicyclic) bond motifs is 3. The van der Waals surface area contributed by atoms with Gasteiger partial charge in [0.25, 0.3) is 0 Å². The Hall–Kier alpha value is -2.60. The number of rotatable bonds is 1. The van der Waals surface area contributed by atoms with E-state index in [9.17, 15) is 9.18 Å². The summed E-state index contributed by atoms with van der Waals surface area (Å²) in [6, 6.07) is 9.98. The summed E-state index contributed by atoms with van der Waals surface area (Å²) in [6.45, 7) is 1.73. The van der Waals surface area contributed by atoms with Crippen molar-refractivity contribution >= 4 is 11.6 Å². The second kappa shape index (κ2) is 5.20. The largest absolute Gasteiger partial charge is 0.486 e. The molecular formula is C19H17FN2O3. The zero-order valence-electron chi connectivity index (χ0n) is 13.5. The molecule has 0 aromatic heterocycles. The maximum atomic E-state index is 13.9. The molecule has 0 unspecified atom stereocenters. The number of amides is 1. The van der Waals surface area contributed by atoms with Crippen LogP contribution in [0.15, 0.2) is 36.4 Å². The van der Waals surface area contributed by atoms with Gasteiger partial charge in [-0.2, -0.15) is 0 Å². The molecule has 2 aromatic carbocycles. The average molecular weight is 340 g/mol. The molecule has 1 saturated heterocycles. The van der Waals surface area contributed by atoms with Crippen LogP contribution < -0.4 is 20.1 Å². The molecule has 5 rings (SSSR count). The predicted molar refractivity (Wildman–Crippen MR) is 89.5 cm³/mol. The van der Waals surface area contributed by atoms with E-state index < -0.39 is 5.41 Å². The Kier molecular flexibility index (Phi) is 3.06. The van der Waals surface area contributed by atoms with Crippen LogP contribution in [0.2, 0.25) is 0 Å². The molecule has 2 N–H and O–H groups in total. The minimum Gasteiger partial charge on any atom is -0.486 e. The highest BCUT2D eigenvalue weighted by Crippen LogP contribution is 2.51. The molecule has 3 aliphatic heterocycles. The second-order valence-corrected chi connectivity index (χ2v) is 6.66. The van der Waals surface area contributed by atoms with Crippen molar-refractivity contribution < 1.29 is 18.7 Å². The topological polar surface area (TPSA) is 59.6 Å². The first-order chi connectivity index (χ1) is 12.2. The van der Waals surface area contributed by atoms with E-state index in [0.717, 1.165) is 11.1 Å². The third-order valence-corrected chi connectivity index (χ3v) is 5.38. The highest BCUT2D eigenvalue weighted by molar-refractivity contribution is 6.07. The normalized spacial score (nSPS) is 26.6. The van der Waals surface area contributed by atoms with Crippen molar-refractivity contribution in [2.75, 3.05) is 25.1 Å². The highest BCUT2D eigenvalue weighted by atomic mass is 19.1. The van der Waals surface area contributed by atoms with Crippen molar-refractivity contribution in [2.45, 2.75) is 17.9 Å². The van der Waals surface area contributed by atoms with E-state index in [0.29, 0.717) is 43.4 Å². The van der Waals surface area contributed by atoms with Gasteiger partial charge in [-0.05, 0) is 54.4 Å². The first-order valence-electron chi connectivity index (χ1n) is 8.43. The molecule has 3 heterocycles. The van der Waals surface area contributed by atoms with Crippen LogP contribution in [0.5, 0.6) is 11.5 Å². The molecule has 0 bridgehead atoms. The van der Waals surface area contributed by atoms with Crippen molar-refractivity contribution in [3.8, 4) is 11.5 Å². The number of hydrogen-bond acceptors (Lipinski definition) is 4. The number of benzene rings is 2. The van der Waals surface area contributed by atoms with Crippen molar-refractivity contribution in [1.29, 1.82) is 0 Å². The van der Waals surface area contributed by atoms with Crippen LogP contribution in [-0.2, 0) is 10.2 Å². The van der Waals surface area contributed by atoms with Gasteiger partial charge >= 0.3 is 0 Å². The molecule has 2 atom stereocenters. The van der Waals surface area contributed by atoms with E-state index in [-0.39, 0.29) is 17.8 Å². The molecule has 1 amide bonds. The predicted octanol–water partition coefficient (Wildman–Crippen LogP) is 2.52.